The minimum atomic E-state index is -1.19. The molecule has 28 heavy (non-hydrogen) atoms. The molecule has 1 aromatic rings. The van der Waals surface area contributed by atoms with Gasteiger partial charge in [0.25, 0.3) is 0 Å². The van der Waals surface area contributed by atoms with E-state index in [0.717, 1.165) is 24.3 Å². The quantitative estimate of drug-likeness (QED) is 0.407. The number of quaternary nitrogens is 1. The number of hydrogen-bond acceptors (Lipinski definition) is 5. The molecule has 0 amide bonds. The van der Waals surface area contributed by atoms with Crippen LogP contribution in [0.2, 0.25) is 0 Å². The molecule has 150 valence electrons. The van der Waals surface area contributed by atoms with E-state index < -0.39 is 34.5 Å². The topological polar surface area (TPSA) is 78.8 Å². The third-order valence-corrected chi connectivity index (χ3v) is 8.64. The molecule has 0 unspecified atom stereocenters. The van der Waals surface area contributed by atoms with Crippen LogP contribution in [0.1, 0.15) is 25.3 Å². The molecule has 4 aliphatic rings. The number of nitrogens with one attached hydrogen (secondary N) is 1. The van der Waals surface area contributed by atoms with Crippen LogP contribution in [0, 0.1) is 11.3 Å². The predicted molar refractivity (Wildman–Crippen MR) is 104 cm³/mol. The van der Waals surface area contributed by atoms with Gasteiger partial charge in [-0.2, -0.15) is 0 Å². The number of carbonyl (C=O) groups excluding carboxylic acids is 1. The Morgan fingerprint density at radius 2 is 2.18 bits per heavy atom. The summed E-state index contributed by atoms with van der Waals surface area (Å²) in [5.74, 6) is -0.817. The first-order valence-corrected chi connectivity index (χ1v) is 10.1. The van der Waals surface area contributed by atoms with Crippen molar-refractivity contribution in [3.05, 3.63) is 41.5 Å². The number of benzene rings is 1. The summed E-state index contributed by atoms with van der Waals surface area (Å²) in [6.45, 7) is 3.33. The van der Waals surface area contributed by atoms with Crippen LogP contribution in [0.4, 0.5) is 5.69 Å². The van der Waals surface area contributed by atoms with Crippen molar-refractivity contribution in [2.75, 3.05) is 39.2 Å². The number of carbonyl (C=O) groups is 1. The van der Waals surface area contributed by atoms with Crippen molar-refractivity contribution in [1.29, 1.82) is 0 Å². The number of methoxy groups -OCH3 is 1. The number of nitrogens with zero attached hydrogens (tertiary/aromatic N) is 1. The zero-order valence-corrected chi connectivity index (χ0v) is 16.7. The second-order valence-electron chi connectivity index (χ2n) is 9.19. The number of aliphatic hydroxyl groups excluding tert-OH is 2. The van der Waals surface area contributed by atoms with Crippen LogP contribution in [0.5, 0.6) is 0 Å². The van der Waals surface area contributed by atoms with Gasteiger partial charge in [-0.15, -0.1) is 0 Å². The molecule has 6 atom stereocenters. The summed E-state index contributed by atoms with van der Waals surface area (Å²) in [6, 6.07) is 8.03. The maximum Gasteiger partial charge on any atom is 0.315 e. The van der Waals surface area contributed by atoms with E-state index in [2.05, 4.69) is 24.5 Å². The number of ether oxygens (including phenoxy) is 1. The molecule has 3 fully saturated rings. The van der Waals surface area contributed by atoms with Crippen molar-refractivity contribution in [2.24, 2.45) is 11.3 Å². The van der Waals surface area contributed by atoms with Crippen LogP contribution in [0.3, 0.4) is 0 Å². The molecular weight excluding hydrogens is 356 g/mol. The van der Waals surface area contributed by atoms with Crippen molar-refractivity contribution in [2.45, 2.75) is 36.9 Å². The van der Waals surface area contributed by atoms with Crippen molar-refractivity contribution < 1.29 is 24.2 Å². The molecular formula is C22H29N2O4+. The smallest absolute Gasteiger partial charge is 0.315 e. The highest BCUT2D eigenvalue weighted by Gasteiger charge is 2.90. The van der Waals surface area contributed by atoms with Crippen LogP contribution in [-0.4, -0.2) is 66.3 Å². The third-order valence-electron chi connectivity index (χ3n) is 8.64. The Labute approximate surface area is 165 Å². The fourth-order valence-corrected chi connectivity index (χ4v) is 7.64. The Morgan fingerprint density at radius 3 is 2.86 bits per heavy atom. The van der Waals surface area contributed by atoms with Gasteiger partial charge in [0.15, 0.2) is 0 Å². The van der Waals surface area contributed by atoms with E-state index in [9.17, 15) is 15.0 Å². The number of likely N-dealkylation sites (N-methyl/N-ethyl adjacent to an activating group) is 1. The highest BCUT2D eigenvalue weighted by Crippen LogP contribution is 2.75. The molecule has 6 heteroatoms. The van der Waals surface area contributed by atoms with Gasteiger partial charge in [0, 0.05) is 18.0 Å². The maximum atomic E-state index is 13.5. The maximum absolute atomic E-state index is 13.5. The average Bonchev–Trinajstić information content (AvgIpc) is 3.20. The Balaban J connectivity index is 1.92. The van der Waals surface area contributed by atoms with Crippen molar-refractivity contribution in [3.8, 4) is 0 Å². The van der Waals surface area contributed by atoms with Crippen molar-refractivity contribution in [3.63, 3.8) is 0 Å². The lowest BCUT2D eigenvalue weighted by atomic mass is 9.56. The van der Waals surface area contributed by atoms with Crippen LogP contribution in [0.15, 0.2) is 35.9 Å². The van der Waals surface area contributed by atoms with Gasteiger partial charge in [0.2, 0.25) is 5.66 Å². The highest BCUT2D eigenvalue weighted by molar-refractivity contribution is 5.85. The summed E-state index contributed by atoms with van der Waals surface area (Å²) in [5.41, 5.74) is 0.542. The van der Waals surface area contributed by atoms with E-state index in [-0.39, 0.29) is 6.61 Å². The van der Waals surface area contributed by atoms with E-state index in [1.165, 1.54) is 12.7 Å². The number of aliphatic hydroxyl groups is 2. The van der Waals surface area contributed by atoms with E-state index in [4.69, 9.17) is 4.74 Å². The zero-order chi connectivity index (χ0) is 19.9. The van der Waals surface area contributed by atoms with Gasteiger partial charge in [0.05, 0.1) is 32.7 Å². The average molecular weight is 385 g/mol. The first kappa shape index (κ1) is 18.2. The lowest BCUT2D eigenvalue weighted by Crippen LogP contribution is -2.71. The minimum Gasteiger partial charge on any atom is -0.468 e. The first-order chi connectivity index (χ1) is 13.4. The molecule has 1 saturated carbocycles. The molecule has 1 aromatic carbocycles. The predicted octanol–water partition coefficient (Wildman–Crippen LogP) is 1.39. The van der Waals surface area contributed by atoms with Gasteiger partial charge < -0.3 is 20.3 Å². The van der Waals surface area contributed by atoms with Gasteiger partial charge in [-0.05, 0) is 30.5 Å². The zero-order valence-electron chi connectivity index (χ0n) is 16.7. The Bertz CT molecular complexity index is 900. The summed E-state index contributed by atoms with van der Waals surface area (Å²) in [6.07, 6.45) is 2.63. The molecule has 1 aliphatic carbocycles. The molecule has 0 aromatic heterocycles. The SMILES string of the molecule is C/C=C1\C[C@H]2[C@@H](O)[C@@]34Nc5ccccc5[C@@]3(CC[N@+]4(C)C1)[C@]2(CO)C(=O)OC. The standard InChI is InChI=1S/C22H29N2O4/c1-4-14-11-16-18(26)22-21(9-10-24(22,2)12-14,20(16,13-25)19(27)28-3)15-7-5-6-8-17(15)23-22/h4-8,16,18,23,25-26H,9-13H2,1-3H3/q+1/b14-4+/t16-,18+,20-,21-,22-,24+/m0/s1. The molecule has 3 heterocycles. The van der Waals surface area contributed by atoms with Crippen molar-refractivity contribution >= 4 is 11.7 Å². The largest absolute Gasteiger partial charge is 0.468 e. The highest BCUT2D eigenvalue weighted by atomic mass is 16.5. The molecule has 0 radical (unpaired) electrons. The number of fused-ring (bicyclic) bond motifs is 2. The number of para-hydroxylation sites is 1. The lowest BCUT2D eigenvalue weighted by Gasteiger charge is -2.50. The van der Waals surface area contributed by atoms with E-state index in [1.807, 2.05) is 25.1 Å². The van der Waals surface area contributed by atoms with Gasteiger partial charge >= 0.3 is 5.97 Å². The second kappa shape index (κ2) is 5.38. The van der Waals surface area contributed by atoms with Gasteiger partial charge in [-0.3, -0.25) is 9.28 Å². The van der Waals surface area contributed by atoms with Crippen LogP contribution >= 0.6 is 0 Å². The molecule has 6 nitrogen and oxygen atoms in total. The van der Waals surface area contributed by atoms with Gasteiger partial charge in [-0.1, -0.05) is 24.3 Å². The number of anilines is 1. The molecule has 5 rings (SSSR count). The molecule has 3 N–H and O–H groups in total. The number of esters is 1. The van der Waals surface area contributed by atoms with Gasteiger partial charge in [-0.25, -0.2) is 0 Å². The fourth-order valence-electron chi connectivity index (χ4n) is 7.64. The molecule has 2 bridgehead atoms. The number of rotatable bonds is 2. The molecule has 2 saturated heterocycles. The normalized spacial score (nSPS) is 46.7. The monoisotopic (exact) mass is 385 g/mol. The Morgan fingerprint density at radius 1 is 1.43 bits per heavy atom. The van der Waals surface area contributed by atoms with E-state index in [0.29, 0.717) is 17.3 Å². The first-order valence-electron chi connectivity index (χ1n) is 10.1. The van der Waals surface area contributed by atoms with Crippen LogP contribution < -0.4 is 5.32 Å². The van der Waals surface area contributed by atoms with E-state index >= 15 is 0 Å². The Hall–Kier alpha value is -1.89. The number of allylic oxidation sites excluding steroid dienone is 1. The number of hydrogen-bond donors (Lipinski definition) is 3. The Kier molecular flexibility index (Phi) is 3.49. The molecule has 3 aliphatic heterocycles. The summed E-state index contributed by atoms with van der Waals surface area (Å²) in [4.78, 5) is 13.5. The molecule has 1 spiro atoms. The van der Waals surface area contributed by atoms with Crippen molar-refractivity contribution in [1.82, 2.24) is 0 Å². The summed E-state index contributed by atoms with van der Waals surface area (Å²) in [7, 11) is 3.57. The third kappa shape index (κ3) is 1.52. The summed E-state index contributed by atoms with van der Waals surface area (Å²) >= 11 is 0. The summed E-state index contributed by atoms with van der Waals surface area (Å²) < 4.78 is 5.94. The van der Waals surface area contributed by atoms with Gasteiger partial charge in [0.1, 0.15) is 18.1 Å². The second-order valence-corrected chi connectivity index (χ2v) is 9.19. The van der Waals surface area contributed by atoms with E-state index in [1.54, 1.807) is 0 Å². The van der Waals surface area contributed by atoms with Crippen LogP contribution in [-0.2, 0) is 14.9 Å². The summed E-state index contributed by atoms with van der Waals surface area (Å²) in [5, 5.41) is 26.4. The lowest BCUT2D eigenvalue weighted by molar-refractivity contribution is -0.942. The minimum absolute atomic E-state index is 0.337. The fraction of sp³-hybridized carbons (Fsp3) is 0.591. The van der Waals surface area contributed by atoms with Crippen LogP contribution in [0.25, 0.3) is 0 Å².